The number of rotatable bonds is 5. The van der Waals surface area contributed by atoms with Gasteiger partial charge >= 0.3 is 5.97 Å². The molecule has 1 unspecified atom stereocenters. The zero-order valence-corrected chi connectivity index (χ0v) is 11.3. The van der Waals surface area contributed by atoms with Crippen molar-refractivity contribution in [2.24, 2.45) is 0 Å². The number of carboxylic acid groups (broad SMARTS) is 1. The first-order valence-electron chi connectivity index (χ1n) is 5.87. The molecule has 98 valence electrons. The fourth-order valence-corrected chi connectivity index (χ4v) is 2.66. The van der Waals surface area contributed by atoms with Gasteiger partial charge in [-0.1, -0.05) is 42.1 Å². The summed E-state index contributed by atoms with van der Waals surface area (Å²) in [5.74, 6) is -0.829. The molecule has 0 saturated carbocycles. The largest absolute Gasteiger partial charge is 0.480 e. The van der Waals surface area contributed by atoms with Gasteiger partial charge in [-0.05, 0) is 25.0 Å². The van der Waals surface area contributed by atoms with Gasteiger partial charge in [0.2, 0.25) is 0 Å². The molecule has 0 spiro atoms. The van der Waals surface area contributed by atoms with Gasteiger partial charge in [-0.2, -0.15) is 0 Å². The SMILES string of the molecule is Cc1cc(SC(Cc2ccccc2)C(=O)O)ncn1. The maximum Gasteiger partial charge on any atom is 0.317 e. The third-order valence-corrected chi connectivity index (χ3v) is 3.70. The third kappa shape index (κ3) is 4.06. The van der Waals surface area contributed by atoms with Crippen molar-refractivity contribution in [2.75, 3.05) is 0 Å². The lowest BCUT2D eigenvalue weighted by molar-refractivity contribution is -0.136. The van der Waals surface area contributed by atoms with Crippen LogP contribution in [0.5, 0.6) is 0 Å². The van der Waals surface area contributed by atoms with Gasteiger partial charge in [0.25, 0.3) is 0 Å². The number of thioether (sulfide) groups is 1. The fraction of sp³-hybridized carbons (Fsp3) is 0.214. The Balaban J connectivity index is 2.11. The van der Waals surface area contributed by atoms with Crippen molar-refractivity contribution in [3.63, 3.8) is 0 Å². The second-order valence-corrected chi connectivity index (χ2v) is 5.36. The molecule has 0 aliphatic heterocycles. The monoisotopic (exact) mass is 274 g/mol. The Kier molecular flexibility index (Phi) is 4.52. The van der Waals surface area contributed by atoms with Gasteiger partial charge in [-0.25, -0.2) is 9.97 Å². The minimum absolute atomic E-state index is 0.476. The summed E-state index contributed by atoms with van der Waals surface area (Å²) in [6.07, 6.45) is 1.93. The van der Waals surface area contributed by atoms with E-state index in [1.54, 1.807) is 6.07 Å². The predicted molar refractivity (Wildman–Crippen MR) is 74.2 cm³/mol. The first-order chi connectivity index (χ1) is 9.15. The molecule has 0 aliphatic rings. The van der Waals surface area contributed by atoms with Crippen LogP contribution in [0, 0.1) is 6.92 Å². The smallest absolute Gasteiger partial charge is 0.317 e. The summed E-state index contributed by atoms with van der Waals surface area (Å²) in [5.41, 5.74) is 1.84. The van der Waals surface area contributed by atoms with Crippen LogP contribution in [0.1, 0.15) is 11.3 Å². The molecule has 1 atom stereocenters. The first-order valence-corrected chi connectivity index (χ1v) is 6.75. The summed E-state index contributed by atoms with van der Waals surface area (Å²) in [5, 5.41) is 9.45. The average Bonchev–Trinajstić information content (AvgIpc) is 2.39. The molecule has 1 N–H and O–H groups in total. The van der Waals surface area contributed by atoms with Gasteiger partial charge in [0.15, 0.2) is 0 Å². The minimum Gasteiger partial charge on any atom is -0.480 e. The Bertz CT molecular complexity index is 560. The van der Waals surface area contributed by atoms with Crippen LogP contribution in [-0.4, -0.2) is 26.3 Å². The van der Waals surface area contributed by atoms with Crippen molar-refractivity contribution in [3.8, 4) is 0 Å². The molecular formula is C14H14N2O2S. The minimum atomic E-state index is -0.829. The van der Waals surface area contributed by atoms with Crippen molar-refractivity contribution in [1.29, 1.82) is 0 Å². The van der Waals surface area contributed by atoms with E-state index in [1.807, 2.05) is 37.3 Å². The third-order valence-electron chi connectivity index (χ3n) is 2.58. The van der Waals surface area contributed by atoms with E-state index in [0.717, 1.165) is 11.3 Å². The molecule has 0 fully saturated rings. The van der Waals surface area contributed by atoms with Crippen LogP contribution in [0.15, 0.2) is 47.8 Å². The highest BCUT2D eigenvalue weighted by atomic mass is 32.2. The summed E-state index contributed by atoms with van der Waals surface area (Å²) in [7, 11) is 0. The number of benzene rings is 1. The topological polar surface area (TPSA) is 63.1 Å². The lowest BCUT2D eigenvalue weighted by atomic mass is 10.1. The molecular weight excluding hydrogens is 260 g/mol. The molecule has 2 aromatic rings. The molecule has 1 heterocycles. The van der Waals surface area contributed by atoms with Gasteiger partial charge in [-0.3, -0.25) is 4.79 Å². The second kappa shape index (κ2) is 6.33. The van der Waals surface area contributed by atoms with Gasteiger partial charge < -0.3 is 5.11 Å². The maximum atomic E-state index is 11.3. The molecule has 0 saturated heterocycles. The number of nitrogens with zero attached hydrogens (tertiary/aromatic N) is 2. The maximum absolute atomic E-state index is 11.3. The van der Waals surface area contributed by atoms with Crippen molar-refractivity contribution in [1.82, 2.24) is 9.97 Å². The summed E-state index contributed by atoms with van der Waals surface area (Å²) in [6.45, 7) is 1.86. The number of carbonyl (C=O) groups is 1. The Hall–Kier alpha value is -1.88. The van der Waals surface area contributed by atoms with Crippen LogP contribution in [-0.2, 0) is 11.2 Å². The van der Waals surface area contributed by atoms with Crippen LogP contribution >= 0.6 is 11.8 Å². The lowest BCUT2D eigenvalue weighted by Crippen LogP contribution is -2.19. The van der Waals surface area contributed by atoms with E-state index in [1.165, 1.54) is 18.1 Å². The number of aliphatic carboxylic acids is 1. The summed E-state index contributed by atoms with van der Waals surface area (Å²) in [4.78, 5) is 19.4. The van der Waals surface area contributed by atoms with E-state index in [2.05, 4.69) is 9.97 Å². The summed E-state index contributed by atoms with van der Waals surface area (Å²) in [6, 6.07) is 11.4. The van der Waals surface area contributed by atoms with Crippen LogP contribution in [0.4, 0.5) is 0 Å². The summed E-state index contributed by atoms with van der Waals surface area (Å²) >= 11 is 1.26. The Morgan fingerprint density at radius 2 is 2.05 bits per heavy atom. The number of hydrogen-bond donors (Lipinski definition) is 1. The van der Waals surface area contributed by atoms with Crippen LogP contribution in [0.25, 0.3) is 0 Å². The Morgan fingerprint density at radius 3 is 2.68 bits per heavy atom. The lowest BCUT2D eigenvalue weighted by Gasteiger charge is -2.11. The number of hydrogen-bond acceptors (Lipinski definition) is 4. The normalized spacial score (nSPS) is 12.1. The molecule has 2 rings (SSSR count). The predicted octanol–water partition coefficient (Wildman–Crippen LogP) is 2.57. The van der Waals surface area contributed by atoms with Gasteiger partial charge in [0.05, 0.1) is 0 Å². The Labute approximate surface area is 115 Å². The van der Waals surface area contributed by atoms with Crippen molar-refractivity contribution < 1.29 is 9.90 Å². The number of aromatic nitrogens is 2. The van der Waals surface area contributed by atoms with Crippen LogP contribution < -0.4 is 0 Å². The highest BCUT2D eigenvalue weighted by molar-refractivity contribution is 8.00. The molecule has 1 aromatic carbocycles. The Morgan fingerprint density at radius 1 is 1.32 bits per heavy atom. The van der Waals surface area contributed by atoms with E-state index in [0.29, 0.717) is 11.4 Å². The number of aryl methyl sites for hydroxylation is 1. The molecule has 0 radical (unpaired) electrons. The van der Waals surface area contributed by atoms with E-state index in [4.69, 9.17) is 0 Å². The van der Waals surface area contributed by atoms with E-state index in [9.17, 15) is 9.90 Å². The van der Waals surface area contributed by atoms with Crippen LogP contribution in [0.3, 0.4) is 0 Å². The summed E-state index contributed by atoms with van der Waals surface area (Å²) < 4.78 is 0. The highest BCUT2D eigenvalue weighted by Crippen LogP contribution is 2.24. The van der Waals surface area contributed by atoms with Crippen molar-refractivity contribution in [3.05, 3.63) is 54.0 Å². The van der Waals surface area contributed by atoms with Crippen molar-refractivity contribution >= 4 is 17.7 Å². The van der Waals surface area contributed by atoms with E-state index >= 15 is 0 Å². The molecule has 19 heavy (non-hydrogen) atoms. The average molecular weight is 274 g/mol. The second-order valence-electron chi connectivity index (χ2n) is 4.13. The van der Waals surface area contributed by atoms with E-state index < -0.39 is 11.2 Å². The molecule has 5 heteroatoms. The first kappa shape index (κ1) is 13.5. The molecule has 0 amide bonds. The highest BCUT2D eigenvalue weighted by Gasteiger charge is 2.20. The van der Waals surface area contributed by atoms with E-state index in [-0.39, 0.29) is 0 Å². The quantitative estimate of drug-likeness (QED) is 0.670. The van der Waals surface area contributed by atoms with Crippen molar-refractivity contribution in [2.45, 2.75) is 23.6 Å². The standard InChI is InChI=1S/C14H14N2O2S/c1-10-7-13(16-9-15-10)19-12(14(17)18)8-11-5-3-2-4-6-11/h2-7,9,12H,8H2,1H3,(H,17,18). The molecule has 0 aliphatic carbocycles. The fourth-order valence-electron chi connectivity index (χ4n) is 1.65. The molecule has 1 aromatic heterocycles. The molecule has 4 nitrogen and oxygen atoms in total. The zero-order valence-electron chi connectivity index (χ0n) is 10.5. The molecule has 0 bridgehead atoms. The van der Waals surface area contributed by atoms with Gasteiger partial charge in [0, 0.05) is 5.69 Å². The zero-order chi connectivity index (χ0) is 13.7. The number of carboxylic acids is 1. The van der Waals surface area contributed by atoms with Crippen LogP contribution in [0.2, 0.25) is 0 Å². The van der Waals surface area contributed by atoms with Gasteiger partial charge in [-0.15, -0.1) is 0 Å². The van der Waals surface area contributed by atoms with Gasteiger partial charge in [0.1, 0.15) is 16.6 Å².